The van der Waals surface area contributed by atoms with Gasteiger partial charge in [0.15, 0.2) is 0 Å². The van der Waals surface area contributed by atoms with E-state index in [2.05, 4.69) is 18.9 Å². The Morgan fingerprint density at radius 2 is 2.22 bits per heavy atom. The first kappa shape index (κ1) is 5.72. The molecule has 1 heteroatoms. The molecule has 2 aliphatic rings. The third-order valence-corrected chi connectivity index (χ3v) is 3.03. The van der Waals surface area contributed by atoms with Crippen LogP contribution < -0.4 is 0 Å². The van der Waals surface area contributed by atoms with Gasteiger partial charge < -0.3 is 4.90 Å². The van der Waals surface area contributed by atoms with Crippen molar-refractivity contribution in [1.82, 2.24) is 4.90 Å². The molecule has 2 rings (SSSR count). The van der Waals surface area contributed by atoms with Gasteiger partial charge in [-0.05, 0) is 32.2 Å². The maximum absolute atomic E-state index is 2.57. The van der Waals surface area contributed by atoms with Crippen molar-refractivity contribution in [1.29, 1.82) is 0 Å². The van der Waals surface area contributed by atoms with Gasteiger partial charge in [0.2, 0.25) is 0 Å². The van der Waals surface area contributed by atoms with Gasteiger partial charge >= 0.3 is 0 Å². The zero-order valence-corrected chi connectivity index (χ0v) is 6.30. The summed E-state index contributed by atoms with van der Waals surface area (Å²) in [5.74, 6) is 1.10. The Morgan fingerprint density at radius 3 is 2.56 bits per heavy atom. The van der Waals surface area contributed by atoms with Gasteiger partial charge in [-0.15, -0.1) is 0 Å². The number of likely N-dealkylation sites (tertiary alicyclic amines) is 1. The van der Waals surface area contributed by atoms with Crippen LogP contribution in [0.25, 0.3) is 0 Å². The lowest BCUT2D eigenvalue weighted by molar-refractivity contribution is 0.262. The van der Waals surface area contributed by atoms with E-state index in [1.165, 1.54) is 19.3 Å². The molecule has 2 fully saturated rings. The number of rotatable bonds is 1. The van der Waals surface area contributed by atoms with Crippen molar-refractivity contribution in [3.63, 3.8) is 0 Å². The minimum Gasteiger partial charge on any atom is -0.300 e. The third kappa shape index (κ3) is 0.710. The molecule has 0 amide bonds. The lowest BCUT2D eigenvalue weighted by Gasteiger charge is -2.20. The lowest BCUT2D eigenvalue weighted by atomic mass is 10.1. The second-order valence-corrected chi connectivity index (χ2v) is 3.53. The van der Waals surface area contributed by atoms with Crippen LogP contribution in [0.1, 0.15) is 26.2 Å². The van der Waals surface area contributed by atoms with Crippen molar-refractivity contribution in [2.75, 3.05) is 7.05 Å². The summed E-state index contributed by atoms with van der Waals surface area (Å²) in [5, 5.41) is 0. The second kappa shape index (κ2) is 1.72. The minimum atomic E-state index is 0.925. The highest BCUT2D eigenvalue weighted by molar-refractivity contribution is 5.03. The van der Waals surface area contributed by atoms with E-state index in [-0.39, 0.29) is 0 Å². The van der Waals surface area contributed by atoms with E-state index in [1.807, 2.05) is 0 Å². The van der Waals surface area contributed by atoms with E-state index in [1.54, 1.807) is 0 Å². The lowest BCUT2D eigenvalue weighted by Crippen LogP contribution is -2.27. The van der Waals surface area contributed by atoms with E-state index in [4.69, 9.17) is 0 Å². The van der Waals surface area contributed by atoms with E-state index in [9.17, 15) is 0 Å². The highest BCUT2D eigenvalue weighted by Gasteiger charge is 2.49. The summed E-state index contributed by atoms with van der Waals surface area (Å²) in [6.07, 6.45) is 4.33. The summed E-state index contributed by atoms with van der Waals surface area (Å²) in [7, 11) is 2.28. The number of piperidine rings is 1. The zero-order valence-electron chi connectivity index (χ0n) is 6.30. The monoisotopic (exact) mass is 125 g/mol. The number of fused-ring (bicyclic) bond motifs is 1. The van der Waals surface area contributed by atoms with Gasteiger partial charge in [0.25, 0.3) is 0 Å². The van der Waals surface area contributed by atoms with Crippen molar-refractivity contribution in [3.05, 3.63) is 0 Å². The highest BCUT2D eigenvalue weighted by atomic mass is 15.2. The molecule has 1 nitrogen and oxygen atoms in total. The van der Waals surface area contributed by atoms with Crippen molar-refractivity contribution in [2.24, 2.45) is 5.92 Å². The predicted octanol–water partition coefficient (Wildman–Crippen LogP) is 1.49. The molecule has 52 valence electrons. The molecule has 1 saturated carbocycles. The number of hydrogen-bond donors (Lipinski definition) is 0. The molecule has 0 spiro atoms. The smallest absolute Gasteiger partial charge is 0.0128 e. The van der Waals surface area contributed by atoms with Crippen LogP contribution in [0.3, 0.4) is 0 Å². The summed E-state index contributed by atoms with van der Waals surface area (Å²) >= 11 is 0. The molecule has 0 N–H and O–H groups in total. The van der Waals surface area contributed by atoms with Gasteiger partial charge in [-0.2, -0.15) is 0 Å². The van der Waals surface area contributed by atoms with Crippen LogP contribution in [0.5, 0.6) is 0 Å². The normalized spacial score (nSPS) is 49.3. The van der Waals surface area contributed by atoms with Crippen LogP contribution in [0.2, 0.25) is 0 Å². The molecular weight excluding hydrogens is 110 g/mol. The Kier molecular flexibility index (Phi) is 1.10. The predicted molar refractivity (Wildman–Crippen MR) is 38.4 cm³/mol. The molecule has 0 radical (unpaired) electrons. The molecule has 9 heavy (non-hydrogen) atoms. The zero-order chi connectivity index (χ0) is 6.43. The van der Waals surface area contributed by atoms with Gasteiger partial charge in [0, 0.05) is 12.1 Å². The van der Waals surface area contributed by atoms with E-state index >= 15 is 0 Å². The molecule has 1 aliphatic heterocycles. The largest absolute Gasteiger partial charge is 0.300 e. The fraction of sp³-hybridized carbons (Fsp3) is 1.00. The molecule has 0 aromatic carbocycles. The van der Waals surface area contributed by atoms with Crippen molar-refractivity contribution in [3.8, 4) is 0 Å². The summed E-state index contributed by atoms with van der Waals surface area (Å²) in [5.41, 5.74) is 0. The Bertz CT molecular complexity index is 122. The van der Waals surface area contributed by atoms with E-state index in [0.29, 0.717) is 0 Å². The quantitative estimate of drug-likeness (QED) is 0.513. The van der Waals surface area contributed by atoms with Crippen LogP contribution in [0, 0.1) is 5.92 Å². The fourth-order valence-corrected chi connectivity index (χ4v) is 2.22. The van der Waals surface area contributed by atoms with E-state index < -0.39 is 0 Å². The molecule has 1 aliphatic carbocycles. The first-order chi connectivity index (χ1) is 4.33. The maximum atomic E-state index is 2.57. The van der Waals surface area contributed by atoms with Gasteiger partial charge in [0.1, 0.15) is 0 Å². The van der Waals surface area contributed by atoms with Crippen LogP contribution >= 0.6 is 0 Å². The fourth-order valence-electron chi connectivity index (χ4n) is 2.22. The van der Waals surface area contributed by atoms with Crippen LogP contribution in [-0.4, -0.2) is 24.0 Å². The molecular formula is C8H15N. The van der Waals surface area contributed by atoms with Gasteiger partial charge in [-0.1, -0.05) is 6.92 Å². The number of nitrogens with zero attached hydrogens (tertiary/aromatic N) is 1. The molecule has 0 aromatic rings. The van der Waals surface area contributed by atoms with Crippen molar-refractivity contribution in [2.45, 2.75) is 38.3 Å². The summed E-state index contributed by atoms with van der Waals surface area (Å²) in [6.45, 7) is 2.30. The Balaban J connectivity index is 1.99. The standard InChI is InChI=1S/C8H15N/c1-3-7-4-6-5-8(6)9(7)2/h6-8H,3-5H2,1-2H3/t6?,7-,8?/m1/s1. The van der Waals surface area contributed by atoms with Gasteiger partial charge in [0.05, 0.1) is 0 Å². The van der Waals surface area contributed by atoms with Crippen molar-refractivity contribution >= 4 is 0 Å². The minimum absolute atomic E-state index is 0.925. The SMILES string of the molecule is CC[C@@H]1CC2CC2N1C. The number of hydrogen-bond acceptors (Lipinski definition) is 1. The van der Waals surface area contributed by atoms with Gasteiger partial charge in [-0.3, -0.25) is 0 Å². The Hall–Kier alpha value is -0.0400. The highest BCUT2D eigenvalue weighted by Crippen LogP contribution is 2.47. The van der Waals surface area contributed by atoms with Gasteiger partial charge in [-0.25, -0.2) is 0 Å². The average Bonchev–Trinajstić information content (AvgIpc) is 2.55. The van der Waals surface area contributed by atoms with E-state index in [0.717, 1.165) is 18.0 Å². The first-order valence-corrected chi connectivity index (χ1v) is 4.05. The van der Waals surface area contributed by atoms with Crippen molar-refractivity contribution < 1.29 is 0 Å². The summed E-state index contributed by atoms with van der Waals surface area (Å²) < 4.78 is 0. The summed E-state index contributed by atoms with van der Waals surface area (Å²) in [6, 6.07) is 1.92. The Morgan fingerprint density at radius 1 is 1.44 bits per heavy atom. The Labute approximate surface area is 57.0 Å². The first-order valence-electron chi connectivity index (χ1n) is 4.05. The molecule has 3 atom stereocenters. The molecule has 0 bridgehead atoms. The summed E-state index contributed by atoms with van der Waals surface area (Å²) in [4.78, 5) is 2.57. The van der Waals surface area contributed by atoms with Crippen LogP contribution in [0.4, 0.5) is 0 Å². The molecule has 1 saturated heterocycles. The topological polar surface area (TPSA) is 3.24 Å². The van der Waals surface area contributed by atoms with Crippen LogP contribution in [-0.2, 0) is 0 Å². The molecule has 0 aromatic heterocycles. The maximum Gasteiger partial charge on any atom is 0.0128 e. The second-order valence-electron chi connectivity index (χ2n) is 3.53. The average molecular weight is 125 g/mol. The van der Waals surface area contributed by atoms with Crippen LogP contribution in [0.15, 0.2) is 0 Å². The molecule has 1 heterocycles. The molecule has 2 unspecified atom stereocenters. The third-order valence-electron chi connectivity index (χ3n) is 3.03.